The molecule has 0 heterocycles. The number of nitrogens with two attached hydrogens (primary N) is 1. The fourth-order valence-corrected chi connectivity index (χ4v) is 1.64. The minimum absolute atomic E-state index is 0.102. The van der Waals surface area contributed by atoms with Crippen molar-refractivity contribution in [3.8, 4) is 5.75 Å². The lowest BCUT2D eigenvalue weighted by atomic mass is 10.0. The van der Waals surface area contributed by atoms with Gasteiger partial charge in [-0.2, -0.15) is 13.2 Å². The molecule has 0 amide bonds. The Hall–Kier alpha value is -1.27. The first-order valence-electron chi connectivity index (χ1n) is 5.72. The molecule has 0 fully saturated rings. The number of benzene rings is 1. The monoisotopic (exact) mass is 262 g/mol. The lowest BCUT2D eigenvalue weighted by molar-refractivity contribution is -0.136. The van der Waals surface area contributed by atoms with E-state index in [2.05, 4.69) is 5.43 Å². The Morgan fingerprint density at radius 1 is 1.39 bits per heavy atom. The number of nitrogens with one attached hydrogen (secondary N) is 1. The largest absolute Gasteiger partial charge is 0.494 e. The molecule has 18 heavy (non-hydrogen) atoms. The van der Waals surface area contributed by atoms with Gasteiger partial charge in [0.1, 0.15) is 5.75 Å². The molecule has 3 nitrogen and oxygen atoms in total. The van der Waals surface area contributed by atoms with E-state index < -0.39 is 18.6 Å². The van der Waals surface area contributed by atoms with E-state index in [-0.39, 0.29) is 6.42 Å². The zero-order valence-electron chi connectivity index (χ0n) is 10.1. The Bertz CT molecular complexity index is 369. The molecule has 1 unspecified atom stereocenters. The van der Waals surface area contributed by atoms with Crippen molar-refractivity contribution < 1.29 is 17.9 Å². The molecule has 1 rings (SSSR count). The molecule has 0 aromatic heterocycles. The summed E-state index contributed by atoms with van der Waals surface area (Å²) in [6, 6.07) is 6.38. The first-order valence-corrected chi connectivity index (χ1v) is 5.72. The minimum atomic E-state index is -4.17. The summed E-state index contributed by atoms with van der Waals surface area (Å²) in [7, 11) is 0. The summed E-state index contributed by atoms with van der Waals surface area (Å²) in [4.78, 5) is 0. The van der Waals surface area contributed by atoms with Gasteiger partial charge in [0.25, 0.3) is 0 Å². The highest BCUT2D eigenvalue weighted by atomic mass is 19.4. The molecular weight excluding hydrogens is 245 g/mol. The molecule has 0 spiro atoms. The van der Waals surface area contributed by atoms with Gasteiger partial charge in [0.15, 0.2) is 0 Å². The van der Waals surface area contributed by atoms with Crippen molar-refractivity contribution in [3.05, 3.63) is 29.8 Å². The Kier molecular flexibility index (Phi) is 5.43. The van der Waals surface area contributed by atoms with Crippen molar-refractivity contribution in [3.63, 3.8) is 0 Å². The number of hydrazine groups is 1. The molecule has 1 aromatic rings. The Morgan fingerprint density at radius 2 is 2.11 bits per heavy atom. The van der Waals surface area contributed by atoms with Crippen LogP contribution in [0.1, 0.15) is 31.4 Å². The molecule has 0 aliphatic rings. The van der Waals surface area contributed by atoms with Crippen LogP contribution in [-0.2, 0) is 0 Å². The van der Waals surface area contributed by atoms with Crippen LogP contribution in [0.4, 0.5) is 13.2 Å². The van der Waals surface area contributed by atoms with E-state index in [0.717, 1.165) is 0 Å². The third-order valence-electron chi connectivity index (χ3n) is 2.49. The highest BCUT2D eigenvalue weighted by Crippen LogP contribution is 2.28. The first kappa shape index (κ1) is 14.8. The summed E-state index contributed by atoms with van der Waals surface area (Å²) < 4.78 is 41.8. The lowest BCUT2D eigenvalue weighted by Crippen LogP contribution is -2.29. The molecule has 0 radical (unpaired) electrons. The lowest BCUT2D eigenvalue weighted by Gasteiger charge is -2.18. The molecule has 0 aliphatic carbocycles. The smallest absolute Gasteiger partial charge is 0.389 e. The maximum atomic E-state index is 12.2. The molecule has 0 bridgehead atoms. The molecular formula is C12H17F3N2O. The zero-order valence-corrected chi connectivity index (χ0v) is 10.1. The highest BCUT2D eigenvalue weighted by molar-refractivity contribution is 5.30. The van der Waals surface area contributed by atoms with E-state index >= 15 is 0 Å². The summed E-state index contributed by atoms with van der Waals surface area (Å²) in [6.45, 7) is 2.35. The Morgan fingerprint density at radius 3 is 2.67 bits per heavy atom. The Balaban J connectivity index is 2.72. The van der Waals surface area contributed by atoms with Crippen LogP contribution in [0.15, 0.2) is 24.3 Å². The number of hydrogen-bond acceptors (Lipinski definition) is 3. The molecule has 0 saturated heterocycles. The molecule has 6 heteroatoms. The second-order valence-corrected chi connectivity index (χ2v) is 3.88. The third-order valence-corrected chi connectivity index (χ3v) is 2.49. The number of ether oxygens (including phenoxy) is 1. The van der Waals surface area contributed by atoms with Crippen molar-refractivity contribution in [2.45, 2.75) is 32.0 Å². The number of halogens is 3. The van der Waals surface area contributed by atoms with E-state index in [1.807, 2.05) is 6.92 Å². The van der Waals surface area contributed by atoms with Crippen molar-refractivity contribution in [2.24, 2.45) is 5.84 Å². The maximum Gasteiger partial charge on any atom is 0.389 e. The second-order valence-electron chi connectivity index (χ2n) is 3.88. The van der Waals surface area contributed by atoms with Crippen LogP contribution >= 0.6 is 0 Å². The SMILES string of the molecule is CCOc1cccc(C(CCC(F)(F)F)NN)c1. The van der Waals surface area contributed by atoms with Crippen LogP contribution in [0, 0.1) is 0 Å². The first-order chi connectivity index (χ1) is 8.46. The quantitative estimate of drug-likeness (QED) is 0.612. The number of alkyl halides is 3. The van der Waals surface area contributed by atoms with E-state index in [9.17, 15) is 13.2 Å². The number of rotatable bonds is 6. The van der Waals surface area contributed by atoms with Crippen LogP contribution in [0.2, 0.25) is 0 Å². The van der Waals surface area contributed by atoms with E-state index in [1.54, 1.807) is 24.3 Å². The van der Waals surface area contributed by atoms with Gasteiger partial charge in [-0.1, -0.05) is 12.1 Å². The normalized spacial score (nSPS) is 13.4. The Labute approximate surface area is 104 Å². The average molecular weight is 262 g/mol. The molecule has 102 valence electrons. The predicted molar refractivity (Wildman–Crippen MR) is 63.0 cm³/mol. The van der Waals surface area contributed by atoms with Gasteiger partial charge in [-0.3, -0.25) is 11.3 Å². The van der Waals surface area contributed by atoms with Gasteiger partial charge in [-0.15, -0.1) is 0 Å². The standard InChI is InChI=1S/C12H17F3N2O/c1-2-18-10-5-3-4-9(8-10)11(17-16)6-7-12(13,14)15/h3-5,8,11,17H,2,6-7,16H2,1H3. The van der Waals surface area contributed by atoms with Crippen molar-refractivity contribution in [1.82, 2.24) is 5.43 Å². The average Bonchev–Trinajstić information content (AvgIpc) is 2.29. The highest BCUT2D eigenvalue weighted by Gasteiger charge is 2.28. The molecule has 1 atom stereocenters. The van der Waals surface area contributed by atoms with Gasteiger partial charge < -0.3 is 4.74 Å². The fourth-order valence-electron chi connectivity index (χ4n) is 1.64. The minimum Gasteiger partial charge on any atom is -0.494 e. The van der Waals surface area contributed by atoms with Crippen LogP contribution in [0.5, 0.6) is 5.75 Å². The van der Waals surface area contributed by atoms with Crippen molar-refractivity contribution in [1.29, 1.82) is 0 Å². The molecule has 0 aliphatic heterocycles. The maximum absolute atomic E-state index is 12.2. The third kappa shape index (κ3) is 4.93. The van der Waals surface area contributed by atoms with Crippen molar-refractivity contribution >= 4 is 0 Å². The zero-order chi connectivity index (χ0) is 13.6. The fraction of sp³-hybridized carbons (Fsp3) is 0.500. The van der Waals surface area contributed by atoms with Crippen LogP contribution < -0.4 is 16.0 Å². The van der Waals surface area contributed by atoms with Gasteiger partial charge in [0.05, 0.1) is 6.61 Å². The van der Waals surface area contributed by atoms with Crippen LogP contribution in [0.25, 0.3) is 0 Å². The van der Waals surface area contributed by atoms with Crippen LogP contribution in [0.3, 0.4) is 0 Å². The summed E-state index contributed by atoms with van der Waals surface area (Å²) in [5, 5.41) is 0. The van der Waals surface area contributed by atoms with Crippen molar-refractivity contribution in [2.75, 3.05) is 6.61 Å². The predicted octanol–water partition coefficient (Wildman–Crippen LogP) is 2.93. The van der Waals surface area contributed by atoms with Gasteiger partial charge in [-0.25, -0.2) is 0 Å². The topological polar surface area (TPSA) is 47.3 Å². The molecule has 0 saturated carbocycles. The summed E-state index contributed by atoms with van der Waals surface area (Å²) >= 11 is 0. The van der Waals surface area contributed by atoms with E-state index in [1.165, 1.54) is 0 Å². The van der Waals surface area contributed by atoms with Gasteiger partial charge in [0, 0.05) is 12.5 Å². The van der Waals surface area contributed by atoms with E-state index in [4.69, 9.17) is 10.6 Å². The summed E-state index contributed by atoms with van der Waals surface area (Å²) in [5.41, 5.74) is 3.09. The molecule has 1 aromatic carbocycles. The van der Waals surface area contributed by atoms with Crippen LogP contribution in [-0.4, -0.2) is 12.8 Å². The van der Waals surface area contributed by atoms with Gasteiger partial charge in [-0.05, 0) is 31.0 Å². The van der Waals surface area contributed by atoms with Gasteiger partial charge >= 0.3 is 6.18 Å². The number of hydrogen-bond donors (Lipinski definition) is 2. The second kappa shape index (κ2) is 6.61. The summed E-state index contributed by atoms with van der Waals surface area (Å²) in [5.74, 6) is 5.93. The summed E-state index contributed by atoms with van der Waals surface area (Å²) in [6.07, 6.45) is -5.15. The van der Waals surface area contributed by atoms with E-state index in [0.29, 0.717) is 17.9 Å². The molecule has 3 N–H and O–H groups in total. The van der Waals surface area contributed by atoms with Gasteiger partial charge in [0.2, 0.25) is 0 Å².